The number of fused-ring (bicyclic) bond motifs is 2. The van der Waals surface area contributed by atoms with Crippen LogP contribution in [0.2, 0.25) is 0 Å². The van der Waals surface area contributed by atoms with Crippen molar-refractivity contribution in [1.29, 1.82) is 0 Å². The Morgan fingerprint density at radius 1 is 0.969 bits per heavy atom. The summed E-state index contributed by atoms with van der Waals surface area (Å²) >= 11 is 0. The minimum atomic E-state index is -1.04. The van der Waals surface area contributed by atoms with E-state index in [1.54, 1.807) is 0 Å². The highest BCUT2D eigenvalue weighted by atomic mass is 16.4. The molecule has 3 aromatic rings. The number of azo groups is 1. The van der Waals surface area contributed by atoms with Gasteiger partial charge >= 0.3 is 6.09 Å². The first kappa shape index (κ1) is 19.6. The molecule has 5 rings (SSSR count). The average molecular weight is 434 g/mol. The Morgan fingerprint density at radius 2 is 1.69 bits per heavy atom. The minimum Gasteiger partial charge on any atom is -0.507 e. The maximum Gasteiger partial charge on any atom is 0.407 e. The van der Waals surface area contributed by atoms with Crippen molar-refractivity contribution >= 4 is 40.4 Å². The second-order valence-electron chi connectivity index (χ2n) is 7.46. The molecule has 10 heteroatoms. The number of phenolic OH excluding ortho intramolecular Hbond substituents is 1. The largest absolute Gasteiger partial charge is 0.507 e. The number of hydrogen-bond acceptors (Lipinski definition) is 7. The fraction of sp³-hybridized carbons (Fsp3) is 0.182. The summed E-state index contributed by atoms with van der Waals surface area (Å²) in [7, 11) is 0. The molecule has 10 nitrogen and oxygen atoms in total. The number of carboxylic acid groups (broad SMARTS) is 1. The third-order valence-corrected chi connectivity index (χ3v) is 5.60. The predicted molar refractivity (Wildman–Crippen MR) is 114 cm³/mol. The van der Waals surface area contributed by atoms with Gasteiger partial charge in [0.1, 0.15) is 11.3 Å². The lowest BCUT2D eigenvalue weighted by atomic mass is 10.1. The summed E-state index contributed by atoms with van der Waals surface area (Å²) in [5, 5.41) is 38.7. The lowest BCUT2D eigenvalue weighted by Crippen LogP contribution is -2.50. The highest BCUT2D eigenvalue weighted by molar-refractivity contribution is 6.09. The standard InChI is InChI=1S/C22H18N4O6/c27-16-6-5-13-19(28)17(11-15-12-3-1-2-4-14(12)23-24-15)32-20(13)18(16)21(29)25-7-9-26(10-8-25)22(30)31/h1-6,11,27-28H,7-10H2,(H,30,31). The van der Waals surface area contributed by atoms with E-state index in [1.165, 1.54) is 28.0 Å². The van der Waals surface area contributed by atoms with Crippen molar-refractivity contribution < 1.29 is 29.3 Å². The molecule has 1 aromatic heterocycles. The van der Waals surface area contributed by atoms with E-state index in [9.17, 15) is 19.8 Å². The molecular formula is C22H18N4O6. The van der Waals surface area contributed by atoms with Gasteiger partial charge in [-0.15, -0.1) is 10.2 Å². The van der Waals surface area contributed by atoms with E-state index in [0.29, 0.717) is 11.4 Å². The minimum absolute atomic E-state index is 0.0447. The monoisotopic (exact) mass is 434 g/mol. The zero-order chi connectivity index (χ0) is 22.4. The molecule has 3 heterocycles. The van der Waals surface area contributed by atoms with E-state index in [1.807, 2.05) is 24.3 Å². The van der Waals surface area contributed by atoms with Gasteiger partial charge in [0, 0.05) is 37.8 Å². The van der Waals surface area contributed by atoms with Crippen LogP contribution in [-0.2, 0) is 0 Å². The van der Waals surface area contributed by atoms with Crippen LogP contribution < -0.4 is 0 Å². The summed E-state index contributed by atoms with van der Waals surface area (Å²) in [6, 6.07) is 10.1. The van der Waals surface area contributed by atoms with E-state index in [2.05, 4.69) is 10.2 Å². The number of benzene rings is 2. The van der Waals surface area contributed by atoms with Crippen LogP contribution in [0.5, 0.6) is 11.5 Å². The number of carbonyl (C=O) groups is 2. The second-order valence-corrected chi connectivity index (χ2v) is 7.46. The van der Waals surface area contributed by atoms with E-state index in [0.717, 1.165) is 5.56 Å². The highest BCUT2D eigenvalue weighted by Gasteiger charge is 2.30. The van der Waals surface area contributed by atoms with Crippen LogP contribution in [0.15, 0.2) is 51.0 Å². The quantitative estimate of drug-likeness (QED) is 0.559. The van der Waals surface area contributed by atoms with Crippen molar-refractivity contribution in [2.75, 3.05) is 26.2 Å². The number of piperazine rings is 1. The van der Waals surface area contributed by atoms with Crippen molar-refractivity contribution in [2.45, 2.75) is 0 Å². The molecule has 162 valence electrons. The summed E-state index contributed by atoms with van der Waals surface area (Å²) in [4.78, 5) is 26.9. The molecule has 0 saturated carbocycles. The van der Waals surface area contributed by atoms with Crippen LogP contribution in [0.25, 0.3) is 22.7 Å². The first-order valence-corrected chi connectivity index (χ1v) is 9.91. The summed E-state index contributed by atoms with van der Waals surface area (Å²) in [6.45, 7) is 0.704. The molecule has 0 aliphatic carbocycles. The van der Waals surface area contributed by atoms with Gasteiger partial charge in [-0.25, -0.2) is 4.79 Å². The van der Waals surface area contributed by atoms with Crippen LogP contribution in [0, 0.1) is 0 Å². The van der Waals surface area contributed by atoms with Gasteiger partial charge in [-0.1, -0.05) is 18.2 Å². The third kappa shape index (κ3) is 3.13. The fourth-order valence-electron chi connectivity index (χ4n) is 3.89. The third-order valence-electron chi connectivity index (χ3n) is 5.60. The number of nitrogens with zero attached hydrogens (tertiary/aromatic N) is 4. The maximum atomic E-state index is 13.1. The van der Waals surface area contributed by atoms with Crippen molar-refractivity contribution in [1.82, 2.24) is 9.80 Å². The SMILES string of the molecule is O=C(O)N1CCN(C(=O)c2c(O)ccc3c(O)c(C=C4N=Nc5ccccc54)oc23)CC1. The van der Waals surface area contributed by atoms with E-state index in [4.69, 9.17) is 9.52 Å². The van der Waals surface area contributed by atoms with Gasteiger partial charge in [0.2, 0.25) is 0 Å². The number of hydrogen-bond donors (Lipinski definition) is 3. The molecule has 2 aliphatic heterocycles. The molecule has 0 radical (unpaired) electrons. The molecule has 1 fully saturated rings. The fourth-order valence-corrected chi connectivity index (χ4v) is 3.89. The van der Waals surface area contributed by atoms with Gasteiger partial charge < -0.3 is 29.5 Å². The number of phenols is 1. The van der Waals surface area contributed by atoms with E-state index >= 15 is 0 Å². The molecular weight excluding hydrogens is 416 g/mol. The van der Waals surface area contributed by atoms with Gasteiger partial charge in [0.15, 0.2) is 17.1 Å². The molecule has 32 heavy (non-hydrogen) atoms. The molecule has 0 bridgehead atoms. The maximum absolute atomic E-state index is 13.1. The molecule has 1 saturated heterocycles. The predicted octanol–water partition coefficient (Wildman–Crippen LogP) is 3.88. The lowest BCUT2D eigenvalue weighted by molar-refractivity contribution is 0.0623. The Labute approximate surface area is 181 Å². The number of furan rings is 1. The number of carbonyl (C=O) groups excluding carboxylic acids is 1. The van der Waals surface area contributed by atoms with Crippen molar-refractivity contribution in [3.05, 3.63) is 53.3 Å². The molecule has 3 N–H and O–H groups in total. The molecule has 0 unspecified atom stereocenters. The van der Waals surface area contributed by atoms with Crippen molar-refractivity contribution in [2.24, 2.45) is 10.2 Å². The summed E-state index contributed by atoms with van der Waals surface area (Å²) < 4.78 is 5.82. The van der Waals surface area contributed by atoms with Crippen LogP contribution in [0.1, 0.15) is 21.7 Å². The van der Waals surface area contributed by atoms with Crippen molar-refractivity contribution in [3.63, 3.8) is 0 Å². The zero-order valence-corrected chi connectivity index (χ0v) is 16.7. The molecule has 2 aliphatic rings. The summed E-state index contributed by atoms with van der Waals surface area (Å²) in [6.07, 6.45) is 0.489. The van der Waals surface area contributed by atoms with Crippen LogP contribution in [-0.4, -0.2) is 63.3 Å². The summed E-state index contributed by atoms with van der Waals surface area (Å²) in [5.74, 6) is -0.892. The van der Waals surface area contributed by atoms with Crippen molar-refractivity contribution in [3.8, 4) is 11.5 Å². The van der Waals surface area contributed by atoms with E-state index in [-0.39, 0.29) is 60.0 Å². The number of rotatable bonds is 2. The van der Waals surface area contributed by atoms with Gasteiger partial charge in [0.25, 0.3) is 5.91 Å². The number of amides is 2. The molecule has 0 spiro atoms. The second kappa shape index (κ2) is 7.41. The van der Waals surface area contributed by atoms with Crippen LogP contribution in [0.3, 0.4) is 0 Å². The Balaban J connectivity index is 1.52. The normalized spacial score (nSPS) is 16.7. The topological polar surface area (TPSA) is 139 Å². The first-order valence-electron chi connectivity index (χ1n) is 9.91. The summed E-state index contributed by atoms with van der Waals surface area (Å²) in [5.41, 5.74) is 1.94. The number of aromatic hydroxyl groups is 2. The lowest BCUT2D eigenvalue weighted by Gasteiger charge is -2.33. The van der Waals surface area contributed by atoms with E-state index < -0.39 is 12.0 Å². The Bertz CT molecular complexity index is 1320. The van der Waals surface area contributed by atoms with Gasteiger partial charge in [-0.05, 0) is 18.2 Å². The first-order chi connectivity index (χ1) is 15.4. The molecule has 2 amide bonds. The van der Waals surface area contributed by atoms with Crippen LogP contribution >= 0.6 is 0 Å². The van der Waals surface area contributed by atoms with Gasteiger partial charge in [-0.2, -0.15) is 0 Å². The zero-order valence-electron chi connectivity index (χ0n) is 16.7. The molecule has 2 aromatic carbocycles. The van der Waals surface area contributed by atoms with Gasteiger partial charge in [0.05, 0.1) is 16.8 Å². The Morgan fingerprint density at radius 3 is 2.44 bits per heavy atom. The highest BCUT2D eigenvalue weighted by Crippen LogP contribution is 2.42. The Kier molecular flexibility index (Phi) is 4.54. The smallest absolute Gasteiger partial charge is 0.407 e. The average Bonchev–Trinajstić information content (AvgIpc) is 3.34. The van der Waals surface area contributed by atoms with Gasteiger partial charge in [-0.3, -0.25) is 4.79 Å². The van der Waals surface area contributed by atoms with Crippen LogP contribution in [0.4, 0.5) is 10.5 Å². The Hall–Kier alpha value is -4.34. The molecule has 0 atom stereocenters.